The normalized spacial score (nSPS) is 10.7. The molecule has 0 aliphatic heterocycles. The van der Waals surface area contributed by atoms with Crippen LogP contribution < -0.4 is 10.9 Å². The summed E-state index contributed by atoms with van der Waals surface area (Å²) in [4.78, 5) is 53.6. The monoisotopic (exact) mass is 449 g/mol. The molecule has 0 unspecified atom stereocenters. The van der Waals surface area contributed by atoms with Crippen LogP contribution in [0.5, 0.6) is 0 Å². The Morgan fingerprint density at radius 1 is 1.20 bits per heavy atom. The maximum absolute atomic E-state index is 12.6. The highest BCUT2D eigenvalue weighted by Gasteiger charge is 2.26. The Morgan fingerprint density at radius 2 is 1.90 bits per heavy atom. The summed E-state index contributed by atoms with van der Waals surface area (Å²) < 4.78 is 10.6. The van der Waals surface area contributed by atoms with Gasteiger partial charge in [-0.1, -0.05) is 11.6 Å². The smallest absolute Gasteiger partial charge is 0.348 e. The topological polar surface area (TPSA) is 117 Å². The summed E-state index contributed by atoms with van der Waals surface area (Å²) in [5, 5.41) is 3.43. The van der Waals surface area contributed by atoms with Gasteiger partial charge in [-0.15, -0.1) is 11.3 Å². The molecule has 156 valence electrons. The molecule has 0 spiro atoms. The molecule has 0 saturated carbocycles. The fraction of sp³-hybridized carbons (Fsp3) is 0.211. The van der Waals surface area contributed by atoms with E-state index >= 15 is 0 Å². The van der Waals surface area contributed by atoms with Gasteiger partial charge in [0.15, 0.2) is 0 Å². The van der Waals surface area contributed by atoms with Crippen molar-refractivity contribution in [3.8, 4) is 0 Å². The Balaban J connectivity index is 1.91. The molecule has 1 aromatic carbocycles. The third-order valence-electron chi connectivity index (χ3n) is 4.26. The largest absolute Gasteiger partial charge is 0.465 e. The van der Waals surface area contributed by atoms with Crippen LogP contribution >= 0.6 is 22.9 Å². The summed E-state index contributed by atoms with van der Waals surface area (Å²) in [6.07, 6.45) is 1.24. The molecule has 0 fully saturated rings. The third kappa shape index (κ3) is 4.05. The van der Waals surface area contributed by atoms with Gasteiger partial charge in [0.25, 0.3) is 5.56 Å². The third-order valence-corrected chi connectivity index (χ3v) is 5.68. The summed E-state index contributed by atoms with van der Waals surface area (Å²) in [5.41, 5.74) is 0.372. The number of nitrogens with zero attached hydrogens (tertiary/aromatic N) is 2. The maximum Gasteiger partial charge on any atom is 0.348 e. The van der Waals surface area contributed by atoms with E-state index < -0.39 is 23.4 Å². The lowest BCUT2D eigenvalue weighted by Gasteiger charge is -2.08. The highest BCUT2D eigenvalue weighted by Crippen LogP contribution is 2.34. The molecule has 2 aromatic heterocycles. The number of carbonyl (C=O) groups excluding carboxylic acids is 3. The van der Waals surface area contributed by atoms with Crippen molar-refractivity contribution in [2.45, 2.75) is 13.5 Å². The number of nitrogens with one attached hydrogen (secondary N) is 1. The molecule has 9 nitrogen and oxygen atoms in total. The fourth-order valence-corrected chi connectivity index (χ4v) is 4.10. The van der Waals surface area contributed by atoms with E-state index in [1.807, 2.05) is 0 Å². The van der Waals surface area contributed by atoms with Crippen LogP contribution in [0.1, 0.15) is 25.6 Å². The van der Waals surface area contributed by atoms with Crippen molar-refractivity contribution < 1.29 is 23.9 Å². The molecule has 0 bridgehead atoms. The number of amides is 1. The molecule has 3 aromatic rings. The zero-order chi connectivity index (χ0) is 22.0. The van der Waals surface area contributed by atoms with E-state index in [1.165, 1.54) is 26.6 Å². The van der Waals surface area contributed by atoms with Crippen LogP contribution in [0.4, 0.5) is 5.00 Å². The number of hydrogen-bond acceptors (Lipinski definition) is 8. The van der Waals surface area contributed by atoms with E-state index in [-0.39, 0.29) is 22.0 Å². The maximum atomic E-state index is 12.6. The van der Waals surface area contributed by atoms with Gasteiger partial charge in [-0.25, -0.2) is 14.6 Å². The van der Waals surface area contributed by atoms with Gasteiger partial charge in [-0.05, 0) is 30.7 Å². The van der Waals surface area contributed by atoms with Gasteiger partial charge in [0.2, 0.25) is 5.91 Å². The molecule has 3 rings (SSSR count). The molecular weight excluding hydrogens is 434 g/mol. The number of ether oxygens (including phenoxy) is 2. The first-order chi connectivity index (χ1) is 14.3. The van der Waals surface area contributed by atoms with Crippen LogP contribution in [0.25, 0.3) is 10.9 Å². The van der Waals surface area contributed by atoms with E-state index in [9.17, 15) is 19.2 Å². The van der Waals surface area contributed by atoms with Crippen LogP contribution in [-0.4, -0.2) is 41.6 Å². The first-order valence-corrected chi connectivity index (χ1v) is 9.70. The number of esters is 2. The van der Waals surface area contributed by atoms with Gasteiger partial charge in [0.05, 0.1) is 37.0 Å². The number of methoxy groups -OCH3 is 2. The Hall–Kier alpha value is -3.24. The molecule has 0 aliphatic carbocycles. The van der Waals surface area contributed by atoms with Crippen molar-refractivity contribution in [3.63, 3.8) is 0 Å². The van der Waals surface area contributed by atoms with Gasteiger partial charge < -0.3 is 14.8 Å². The van der Waals surface area contributed by atoms with E-state index in [0.717, 1.165) is 15.9 Å². The molecule has 11 heteroatoms. The summed E-state index contributed by atoms with van der Waals surface area (Å²) in [6, 6.07) is 4.64. The highest BCUT2D eigenvalue weighted by atomic mass is 35.5. The number of benzene rings is 1. The highest BCUT2D eigenvalue weighted by molar-refractivity contribution is 7.18. The van der Waals surface area contributed by atoms with Crippen molar-refractivity contribution in [2.75, 3.05) is 19.5 Å². The van der Waals surface area contributed by atoms with Crippen LogP contribution in [0.15, 0.2) is 29.3 Å². The summed E-state index contributed by atoms with van der Waals surface area (Å²) in [5.74, 6) is -1.94. The molecule has 30 heavy (non-hydrogen) atoms. The Kier molecular flexibility index (Phi) is 6.18. The molecule has 0 atom stereocenters. The number of thiophene rings is 1. The van der Waals surface area contributed by atoms with Gasteiger partial charge >= 0.3 is 11.9 Å². The lowest BCUT2D eigenvalue weighted by Crippen LogP contribution is -2.28. The predicted molar refractivity (Wildman–Crippen MR) is 111 cm³/mol. The van der Waals surface area contributed by atoms with Gasteiger partial charge in [-0.3, -0.25) is 14.2 Å². The second-order valence-electron chi connectivity index (χ2n) is 6.13. The molecule has 0 aliphatic rings. The minimum absolute atomic E-state index is 0.0508. The minimum atomic E-state index is -0.712. The molecule has 1 amide bonds. The molecule has 2 heterocycles. The number of carbonyl (C=O) groups is 3. The van der Waals surface area contributed by atoms with E-state index in [0.29, 0.717) is 21.5 Å². The number of halogens is 1. The quantitative estimate of drug-likeness (QED) is 0.595. The summed E-state index contributed by atoms with van der Waals surface area (Å²) >= 11 is 6.79. The van der Waals surface area contributed by atoms with E-state index in [1.54, 1.807) is 19.1 Å². The number of aromatic nitrogens is 2. The van der Waals surface area contributed by atoms with Crippen molar-refractivity contribution >= 4 is 56.7 Å². The second kappa shape index (κ2) is 8.64. The van der Waals surface area contributed by atoms with E-state index in [2.05, 4.69) is 10.3 Å². The Morgan fingerprint density at radius 3 is 2.57 bits per heavy atom. The van der Waals surface area contributed by atoms with Crippen LogP contribution in [0, 0.1) is 6.92 Å². The second-order valence-corrected chi connectivity index (χ2v) is 7.59. The average molecular weight is 450 g/mol. The zero-order valence-electron chi connectivity index (χ0n) is 16.1. The van der Waals surface area contributed by atoms with Gasteiger partial charge in [-0.2, -0.15) is 0 Å². The summed E-state index contributed by atoms with van der Waals surface area (Å²) in [6.45, 7) is 1.20. The van der Waals surface area contributed by atoms with Gasteiger partial charge in [0, 0.05) is 5.02 Å². The fourth-order valence-electron chi connectivity index (χ4n) is 2.80. The number of anilines is 1. The van der Waals surface area contributed by atoms with Crippen LogP contribution in [0.2, 0.25) is 5.02 Å². The lowest BCUT2D eigenvalue weighted by molar-refractivity contribution is -0.116. The zero-order valence-corrected chi connectivity index (χ0v) is 17.7. The molecular formula is C19H16ClN3O6S. The molecule has 0 radical (unpaired) electrons. The van der Waals surface area contributed by atoms with Crippen molar-refractivity contribution in [1.29, 1.82) is 0 Å². The molecule has 0 saturated heterocycles. The Labute approximate surface area is 179 Å². The first-order valence-electron chi connectivity index (χ1n) is 8.51. The van der Waals surface area contributed by atoms with Crippen LogP contribution in [0.3, 0.4) is 0 Å². The van der Waals surface area contributed by atoms with Crippen molar-refractivity contribution in [1.82, 2.24) is 9.55 Å². The molecule has 1 N–H and O–H groups in total. The van der Waals surface area contributed by atoms with Gasteiger partial charge in [0.1, 0.15) is 16.4 Å². The van der Waals surface area contributed by atoms with E-state index in [4.69, 9.17) is 21.1 Å². The summed E-state index contributed by atoms with van der Waals surface area (Å²) in [7, 11) is 2.40. The SMILES string of the molecule is COC(=O)c1sc(NC(=O)Cn2cnc3cc(Cl)ccc3c2=O)c(C(=O)OC)c1C. The number of hydrogen-bond donors (Lipinski definition) is 1. The number of rotatable bonds is 5. The average Bonchev–Trinajstić information content (AvgIpc) is 3.04. The van der Waals surface area contributed by atoms with Crippen molar-refractivity contribution in [3.05, 3.63) is 55.9 Å². The number of fused-ring (bicyclic) bond motifs is 1. The first kappa shape index (κ1) is 21.5. The van der Waals surface area contributed by atoms with Crippen molar-refractivity contribution in [2.24, 2.45) is 0 Å². The standard InChI is InChI=1S/C19H16ClN3O6S/c1-9-14(18(26)28-2)16(30-15(9)19(27)29-3)22-13(24)7-23-8-21-12-6-10(20)4-5-11(12)17(23)25/h4-6,8H,7H2,1-3H3,(H,22,24). The Bertz CT molecular complexity index is 1230. The van der Waals surface area contributed by atoms with Crippen LogP contribution in [-0.2, 0) is 20.8 Å². The lowest BCUT2D eigenvalue weighted by atomic mass is 10.1. The minimum Gasteiger partial charge on any atom is -0.465 e. The predicted octanol–water partition coefficient (Wildman–Crippen LogP) is 2.63.